The van der Waals surface area contributed by atoms with E-state index in [4.69, 9.17) is 4.74 Å². The highest BCUT2D eigenvalue weighted by atomic mass is 16.5. The predicted octanol–water partition coefficient (Wildman–Crippen LogP) is 1.27. The molecule has 0 amide bonds. The maximum Gasteiger partial charge on any atom is 0.318 e. The number of carbonyl (C=O) groups excluding carboxylic acids is 1. The molecule has 0 unspecified atom stereocenters. The molecule has 0 heterocycles. The maximum atomic E-state index is 11.5. The Balaban J connectivity index is 2.73. The van der Waals surface area contributed by atoms with Gasteiger partial charge in [0.15, 0.2) is 0 Å². The lowest BCUT2D eigenvalue weighted by Gasteiger charge is -2.28. The van der Waals surface area contributed by atoms with Crippen molar-refractivity contribution < 1.29 is 14.6 Å². The van der Waals surface area contributed by atoms with Crippen molar-refractivity contribution in [1.82, 2.24) is 0 Å². The van der Waals surface area contributed by atoms with Crippen LogP contribution >= 0.6 is 0 Å². The average molecular weight is 184 g/mol. The monoisotopic (exact) mass is 184 g/mol. The van der Waals surface area contributed by atoms with Gasteiger partial charge in [-0.15, -0.1) is 0 Å². The van der Waals surface area contributed by atoms with Gasteiger partial charge >= 0.3 is 5.97 Å². The van der Waals surface area contributed by atoms with Crippen molar-refractivity contribution in [3.63, 3.8) is 0 Å². The first-order chi connectivity index (χ1) is 6.25. The van der Waals surface area contributed by atoms with Crippen LogP contribution in [-0.4, -0.2) is 24.3 Å². The van der Waals surface area contributed by atoms with Crippen LogP contribution in [0, 0.1) is 5.41 Å². The molecule has 1 aliphatic carbocycles. The molecule has 0 bridgehead atoms. The first kappa shape index (κ1) is 10.3. The Bertz CT molecular complexity index is 210. The van der Waals surface area contributed by atoms with Crippen molar-refractivity contribution in [2.45, 2.75) is 26.2 Å². The summed E-state index contributed by atoms with van der Waals surface area (Å²) >= 11 is 0. The highest BCUT2D eigenvalue weighted by molar-refractivity contribution is 5.79. The van der Waals surface area contributed by atoms with E-state index in [-0.39, 0.29) is 12.6 Å². The van der Waals surface area contributed by atoms with Gasteiger partial charge in [0.25, 0.3) is 0 Å². The number of aliphatic hydroxyl groups excluding tert-OH is 1. The van der Waals surface area contributed by atoms with E-state index in [2.05, 4.69) is 0 Å². The van der Waals surface area contributed by atoms with E-state index in [1.54, 1.807) is 13.0 Å². The molecule has 74 valence electrons. The number of hydrogen-bond donors (Lipinski definition) is 1. The Hall–Kier alpha value is -0.830. The van der Waals surface area contributed by atoms with Crippen LogP contribution in [0.15, 0.2) is 12.2 Å². The van der Waals surface area contributed by atoms with Gasteiger partial charge in [-0.1, -0.05) is 12.2 Å². The van der Waals surface area contributed by atoms with Crippen LogP contribution in [0.2, 0.25) is 0 Å². The molecular formula is C10H16O3. The normalized spacial score (nSPS) is 27.2. The highest BCUT2D eigenvalue weighted by Gasteiger charge is 2.37. The molecule has 3 nitrogen and oxygen atoms in total. The molecule has 3 heteroatoms. The Morgan fingerprint density at radius 3 is 2.92 bits per heavy atom. The zero-order chi connectivity index (χ0) is 9.73. The summed E-state index contributed by atoms with van der Waals surface area (Å²) in [7, 11) is 0. The van der Waals surface area contributed by atoms with Gasteiger partial charge in [0, 0.05) is 0 Å². The molecule has 0 aromatic heterocycles. The smallest absolute Gasteiger partial charge is 0.318 e. The number of aliphatic hydroxyl groups is 1. The Labute approximate surface area is 78.4 Å². The Morgan fingerprint density at radius 2 is 2.46 bits per heavy atom. The third-order valence-corrected chi connectivity index (χ3v) is 2.39. The number of allylic oxidation sites excluding steroid dienone is 1. The zero-order valence-electron chi connectivity index (χ0n) is 7.95. The number of ether oxygens (including phenoxy) is 1. The minimum absolute atomic E-state index is 0.150. The molecule has 0 aliphatic heterocycles. The topological polar surface area (TPSA) is 46.5 Å². The van der Waals surface area contributed by atoms with Crippen LogP contribution in [0.4, 0.5) is 0 Å². The molecule has 13 heavy (non-hydrogen) atoms. The molecule has 0 aromatic rings. The fraction of sp³-hybridized carbons (Fsp3) is 0.700. The first-order valence-corrected chi connectivity index (χ1v) is 4.71. The van der Waals surface area contributed by atoms with Crippen molar-refractivity contribution in [3.8, 4) is 0 Å². The lowest BCUT2D eigenvalue weighted by Crippen LogP contribution is -2.36. The number of carbonyl (C=O) groups is 1. The van der Waals surface area contributed by atoms with Crippen molar-refractivity contribution >= 4 is 5.97 Å². The van der Waals surface area contributed by atoms with Gasteiger partial charge in [0.05, 0.1) is 13.2 Å². The van der Waals surface area contributed by atoms with Crippen molar-refractivity contribution in [2.75, 3.05) is 13.2 Å². The molecule has 0 saturated carbocycles. The molecule has 0 saturated heterocycles. The van der Waals surface area contributed by atoms with Crippen LogP contribution < -0.4 is 0 Å². The number of rotatable bonds is 3. The fourth-order valence-electron chi connectivity index (χ4n) is 1.57. The summed E-state index contributed by atoms with van der Waals surface area (Å²) in [6.07, 6.45) is 6.35. The van der Waals surface area contributed by atoms with Crippen molar-refractivity contribution in [3.05, 3.63) is 12.2 Å². The lowest BCUT2D eigenvalue weighted by molar-refractivity contribution is -0.155. The molecule has 0 aromatic carbocycles. The maximum absolute atomic E-state index is 11.5. The lowest BCUT2D eigenvalue weighted by atomic mass is 9.80. The molecule has 0 spiro atoms. The summed E-state index contributed by atoms with van der Waals surface area (Å²) in [6.45, 7) is 1.99. The van der Waals surface area contributed by atoms with Crippen LogP contribution in [-0.2, 0) is 9.53 Å². The minimum atomic E-state index is -0.756. The second kappa shape index (κ2) is 4.42. The molecule has 1 N–H and O–H groups in total. The Kier molecular flexibility index (Phi) is 3.48. The molecular weight excluding hydrogens is 168 g/mol. The summed E-state index contributed by atoms with van der Waals surface area (Å²) in [5.41, 5.74) is -0.756. The standard InChI is InChI=1S/C10H16O3/c1-2-13-9(12)10(8-11)6-4-3-5-7-10/h4,6,11H,2-3,5,7-8H2,1H3/t10-/m0/s1. The Morgan fingerprint density at radius 1 is 1.69 bits per heavy atom. The largest absolute Gasteiger partial charge is 0.465 e. The van der Waals surface area contributed by atoms with Gasteiger partial charge in [0.1, 0.15) is 5.41 Å². The summed E-state index contributed by atoms with van der Waals surface area (Å²) < 4.78 is 4.93. The van der Waals surface area contributed by atoms with E-state index in [9.17, 15) is 9.90 Å². The number of esters is 1. The van der Waals surface area contributed by atoms with Crippen LogP contribution in [0.5, 0.6) is 0 Å². The van der Waals surface area contributed by atoms with Crippen molar-refractivity contribution in [2.24, 2.45) is 5.41 Å². The van der Waals surface area contributed by atoms with Crippen LogP contribution in [0.1, 0.15) is 26.2 Å². The quantitative estimate of drug-likeness (QED) is 0.530. The highest BCUT2D eigenvalue weighted by Crippen LogP contribution is 2.31. The molecule has 0 fully saturated rings. The summed E-state index contributed by atoms with van der Waals surface area (Å²) in [6, 6.07) is 0. The van der Waals surface area contributed by atoms with Gasteiger partial charge in [0.2, 0.25) is 0 Å². The molecule has 1 aliphatic rings. The zero-order valence-corrected chi connectivity index (χ0v) is 7.95. The van der Waals surface area contributed by atoms with E-state index in [0.717, 1.165) is 12.8 Å². The molecule has 1 rings (SSSR count). The van der Waals surface area contributed by atoms with Gasteiger partial charge in [-0.2, -0.15) is 0 Å². The molecule has 0 radical (unpaired) electrons. The third kappa shape index (κ3) is 2.10. The first-order valence-electron chi connectivity index (χ1n) is 4.71. The van der Waals surface area contributed by atoms with Gasteiger partial charge in [-0.05, 0) is 26.2 Å². The summed E-state index contributed by atoms with van der Waals surface area (Å²) in [5.74, 6) is -0.298. The second-order valence-corrected chi connectivity index (χ2v) is 3.33. The SMILES string of the molecule is CCOC(=O)[C@@]1(CO)C=CCCC1. The van der Waals surface area contributed by atoms with E-state index in [0.29, 0.717) is 13.0 Å². The second-order valence-electron chi connectivity index (χ2n) is 3.33. The molecule has 1 atom stereocenters. The van der Waals surface area contributed by atoms with E-state index < -0.39 is 5.41 Å². The van der Waals surface area contributed by atoms with Gasteiger partial charge in [-0.25, -0.2) is 0 Å². The van der Waals surface area contributed by atoms with E-state index in [1.807, 2.05) is 6.08 Å². The predicted molar refractivity (Wildman–Crippen MR) is 49.1 cm³/mol. The van der Waals surface area contributed by atoms with Crippen LogP contribution in [0.3, 0.4) is 0 Å². The van der Waals surface area contributed by atoms with E-state index in [1.165, 1.54) is 0 Å². The number of hydrogen-bond acceptors (Lipinski definition) is 3. The van der Waals surface area contributed by atoms with Gasteiger partial charge in [-0.3, -0.25) is 4.79 Å². The van der Waals surface area contributed by atoms with Crippen LogP contribution in [0.25, 0.3) is 0 Å². The van der Waals surface area contributed by atoms with Gasteiger partial charge < -0.3 is 9.84 Å². The minimum Gasteiger partial charge on any atom is -0.465 e. The van der Waals surface area contributed by atoms with E-state index >= 15 is 0 Å². The summed E-state index contributed by atoms with van der Waals surface area (Å²) in [4.78, 5) is 11.5. The van der Waals surface area contributed by atoms with Crippen molar-refractivity contribution in [1.29, 1.82) is 0 Å². The summed E-state index contributed by atoms with van der Waals surface area (Å²) in [5, 5.41) is 9.19. The average Bonchev–Trinajstić information content (AvgIpc) is 2.19. The fourth-order valence-corrected chi connectivity index (χ4v) is 1.57. The third-order valence-electron chi connectivity index (χ3n) is 2.39.